The number of nitrogens with zero attached hydrogens (tertiary/aromatic N) is 4. The molecule has 0 fully saturated rings. The van der Waals surface area contributed by atoms with E-state index in [9.17, 15) is 0 Å². The number of hydrogen-bond acceptors (Lipinski definition) is 6. The summed E-state index contributed by atoms with van der Waals surface area (Å²) >= 11 is 1.79. The number of rotatable bonds is 4. The van der Waals surface area contributed by atoms with Crippen molar-refractivity contribution in [2.24, 2.45) is 0 Å². The summed E-state index contributed by atoms with van der Waals surface area (Å²) in [6.07, 6.45) is 0. The Hall–Kier alpha value is -5.72. The summed E-state index contributed by atoms with van der Waals surface area (Å²) in [5.41, 5.74) is 5.19. The third kappa shape index (κ3) is 4.00. The van der Waals surface area contributed by atoms with Gasteiger partial charge in [-0.25, -0.2) is 19.9 Å². The van der Waals surface area contributed by atoms with E-state index < -0.39 is 0 Å². The minimum absolute atomic E-state index is 0.584. The lowest BCUT2D eigenvalue weighted by Crippen LogP contribution is -2.00. The molecule has 6 aromatic carbocycles. The van der Waals surface area contributed by atoms with Crippen LogP contribution >= 0.6 is 11.3 Å². The molecule has 0 N–H and O–H groups in total. The molecular formula is C38H22N4OS. The van der Waals surface area contributed by atoms with Gasteiger partial charge < -0.3 is 4.42 Å². The van der Waals surface area contributed by atoms with E-state index in [2.05, 4.69) is 42.5 Å². The van der Waals surface area contributed by atoms with Gasteiger partial charge in [0.25, 0.3) is 0 Å². The zero-order valence-corrected chi connectivity index (χ0v) is 24.1. The van der Waals surface area contributed by atoms with Crippen molar-refractivity contribution in [3.05, 3.63) is 133 Å². The van der Waals surface area contributed by atoms with Crippen LogP contribution in [0, 0.1) is 0 Å². The van der Waals surface area contributed by atoms with Crippen molar-refractivity contribution in [1.29, 1.82) is 0 Å². The summed E-state index contributed by atoms with van der Waals surface area (Å²) in [5.74, 6) is 2.42. The molecule has 0 radical (unpaired) electrons. The Morgan fingerprint density at radius 2 is 1.05 bits per heavy atom. The van der Waals surface area contributed by atoms with Gasteiger partial charge in [-0.3, -0.25) is 0 Å². The lowest BCUT2D eigenvalue weighted by atomic mass is 9.98. The van der Waals surface area contributed by atoms with Crippen LogP contribution in [-0.4, -0.2) is 19.9 Å². The average molecular weight is 583 g/mol. The molecule has 6 heteroatoms. The van der Waals surface area contributed by atoms with Crippen molar-refractivity contribution in [2.45, 2.75) is 0 Å². The predicted octanol–water partition coefficient (Wildman–Crippen LogP) is 10.2. The van der Waals surface area contributed by atoms with Gasteiger partial charge in [0, 0.05) is 47.8 Å². The molecule has 44 heavy (non-hydrogen) atoms. The molecule has 0 aliphatic heterocycles. The van der Waals surface area contributed by atoms with Crippen LogP contribution in [0.15, 0.2) is 138 Å². The third-order valence-corrected chi connectivity index (χ3v) is 9.09. The first-order valence-electron chi connectivity index (χ1n) is 14.4. The van der Waals surface area contributed by atoms with Gasteiger partial charge in [-0.1, -0.05) is 103 Å². The minimum Gasteiger partial charge on any atom is -0.435 e. The molecule has 0 aliphatic rings. The first-order valence-corrected chi connectivity index (χ1v) is 15.2. The van der Waals surface area contributed by atoms with E-state index >= 15 is 0 Å². The van der Waals surface area contributed by atoms with Crippen LogP contribution < -0.4 is 0 Å². The van der Waals surface area contributed by atoms with Gasteiger partial charge >= 0.3 is 0 Å². The van der Waals surface area contributed by atoms with E-state index in [1.165, 1.54) is 14.8 Å². The first-order chi connectivity index (χ1) is 21.8. The summed E-state index contributed by atoms with van der Waals surface area (Å²) < 4.78 is 9.04. The normalized spacial score (nSPS) is 11.6. The van der Waals surface area contributed by atoms with Crippen LogP contribution in [0.4, 0.5) is 0 Å². The van der Waals surface area contributed by atoms with E-state index in [4.69, 9.17) is 24.4 Å². The summed E-state index contributed by atoms with van der Waals surface area (Å²) in [7, 11) is 0. The monoisotopic (exact) mass is 582 g/mol. The zero-order valence-electron chi connectivity index (χ0n) is 23.3. The van der Waals surface area contributed by atoms with Crippen molar-refractivity contribution in [1.82, 2.24) is 19.9 Å². The number of fused-ring (bicyclic) bond motifs is 7. The predicted molar refractivity (Wildman–Crippen MR) is 180 cm³/mol. The highest BCUT2D eigenvalue weighted by atomic mass is 32.1. The number of aromatic nitrogens is 4. The molecule has 9 rings (SSSR count). The fourth-order valence-corrected chi connectivity index (χ4v) is 7.03. The van der Waals surface area contributed by atoms with E-state index in [0.717, 1.165) is 49.5 Å². The molecule has 0 aliphatic carbocycles. The average Bonchev–Trinajstić information content (AvgIpc) is 3.71. The maximum absolute atomic E-state index is 6.61. The van der Waals surface area contributed by atoms with E-state index in [-0.39, 0.29) is 0 Å². The van der Waals surface area contributed by atoms with Gasteiger partial charge in [-0.2, -0.15) is 0 Å². The van der Waals surface area contributed by atoms with Gasteiger partial charge in [-0.15, -0.1) is 11.3 Å². The molecule has 0 spiro atoms. The number of hydrogen-bond donors (Lipinski definition) is 0. The van der Waals surface area contributed by atoms with Crippen molar-refractivity contribution >= 4 is 53.4 Å². The summed E-state index contributed by atoms with van der Waals surface area (Å²) in [5, 5.41) is 4.38. The Morgan fingerprint density at radius 3 is 1.73 bits per heavy atom. The molecule has 3 aromatic heterocycles. The minimum atomic E-state index is 0.584. The van der Waals surface area contributed by atoms with Gasteiger partial charge in [0.05, 0.1) is 0 Å². The number of benzene rings is 6. The Morgan fingerprint density at radius 1 is 0.455 bits per heavy atom. The van der Waals surface area contributed by atoms with Crippen LogP contribution in [0.3, 0.4) is 0 Å². The molecule has 206 valence electrons. The van der Waals surface area contributed by atoms with Gasteiger partial charge in [0.2, 0.25) is 5.89 Å². The second kappa shape index (κ2) is 9.93. The fraction of sp³-hybridized carbons (Fsp3) is 0. The van der Waals surface area contributed by atoms with Crippen molar-refractivity contribution in [3.63, 3.8) is 0 Å². The fourth-order valence-electron chi connectivity index (χ4n) is 5.92. The lowest BCUT2D eigenvalue weighted by Gasteiger charge is -2.11. The molecule has 0 amide bonds. The van der Waals surface area contributed by atoms with Crippen LogP contribution in [0.25, 0.3) is 87.7 Å². The van der Waals surface area contributed by atoms with E-state index in [1.807, 2.05) is 91.0 Å². The first kappa shape index (κ1) is 24.8. The third-order valence-electron chi connectivity index (χ3n) is 7.96. The molecule has 0 saturated carbocycles. The quantitative estimate of drug-likeness (QED) is 0.207. The molecular weight excluding hydrogens is 561 g/mol. The largest absolute Gasteiger partial charge is 0.435 e. The second-order valence-corrected chi connectivity index (χ2v) is 11.7. The van der Waals surface area contributed by atoms with Crippen LogP contribution in [0.2, 0.25) is 0 Å². The summed E-state index contributed by atoms with van der Waals surface area (Å²) in [6.45, 7) is 0. The topological polar surface area (TPSA) is 64.7 Å². The highest BCUT2D eigenvalue weighted by Crippen LogP contribution is 2.45. The number of thiophene rings is 1. The Labute approximate surface area is 256 Å². The standard InChI is InChI=1S/C38H22N4OS/c1-4-12-23(13-5-1)35-40-36(24-14-6-2-7-15-24)42-37(41-35)28-22-29-34(43-38(39-29)25-16-8-3-9-17-25)33-26(28)20-21-31-32(33)27-18-10-11-19-30(27)44-31/h1-22H. The van der Waals surface area contributed by atoms with Crippen molar-refractivity contribution in [3.8, 4) is 45.6 Å². The second-order valence-electron chi connectivity index (χ2n) is 10.7. The Bertz CT molecular complexity index is 2430. The Kier molecular flexibility index (Phi) is 5.61. The van der Waals surface area contributed by atoms with Crippen molar-refractivity contribution < 1.29 is 4.42 Å². The highest BCUT2D eigenvalue weighted by molar-refractivity contribution is 7.26. The molecule has 9 aromatic rings. The molecule has 0 bridgehead atoms. The Balaban J connectivity index is 1.41. The molecule has 0 saturated heterocycles. The molecule has 3 heterocycles. The van der Waals surface area contributed by atoms with Crippen LogP contribution in [0.1, 0.15) is 0 Å². The maximum atomic E-state index is 6.61. The smallest absolute Gasteiger partial charge is 0.227 e. The van der Waals surface area contributed by atoms with Gasteiger partial charge in [0.15, 0.2) is 23.1 Å². The summed E-state index contributed by atoms with van der Waals surface area (Å²) in [4.78, 5) is 20.1. The summed E-state index contributed by atoms with van der Waals surface area (Å²) in [6, 6.07) is 45.1. The van der Waals surface area contributed by atoms with Crippen LogP contribution in [0.5, 0.6) is 0 Å². The molecule has 0 atom stereocenters. The van der Waals surface area contributed by atoms with Crippen molar-refractivity contribution in [2.75, 3.05) is 0 Å². The SMILES string of the molecule is c1ccc(-c2nc(-c3ccccc3)nc(-c3cc4nc(-c5ccccc5)oc4c4c3ccc3sc5ccccc5c34)n2)cc1. The van der Waals surface area contributed by atoms with E-state index in [1.54, 1.807) is 11.3 Å². The lowest BCUT2D eigenvalue weighted by molar-refractivity contribution is 0.623. The van der Waals surface area contributed by atoms with Crippen LogP contribution in [-0.2, 0) is 0 Å². The highest BCUT2D eigenvalue weighted by Gasteiger charge is 2.22. The molecule has 5 nitrogen and oxygen atoms in total. The zero-order chi connectivity index (χ0) is 29.0. The molecule has 0 unspecified atom stereocenters. The maximum Gasteiger partial charge on any atom is 0.227 e. The number of oxazole rings is 1. The van der Waals surface area contributed by atoms with Gasteiger partial charge in [0.1, 0.15) is 5.52 Å². The van der Waals surface area contributed by atoms with E-state index in [0.29, 0.717) is 23.4 Å². The van der Waals surface area contributed by atoms with Gasteiger partial charge in [-0.05, 0) is 35.7 Å².